The molecule has 0 spiro atoms. The number of nitriles is 1. The topological polar surface area (TPSA) is 64.9 Å². The number of carbonyl (C=O) groups excluding carboxylic acids is 1. The molecule has 0 aromatic rings. The Kier molecular flexibility index (Phi) is 6.73. The van der Waals surface area contributed by atoms with E-state index < -0.39 is 29.7 Å². The highest BCUT2D eigenvalue weighted by atomic mass is 19.3. The van der Waals surface area contributed by atoms with Gasteiger partial charge in [-0.25, -0.2) is 8.78 Å². The van der Waals surface area contributed by atoms with Gasteiger partial charge in [0.05, 0.1) is 6.07 Å². The Morgan fingerprint density at radius 2 is 2.05 bits per heavy atom. The van der Waals surface area contributed by atoms with Crippen molar-refractivity contribution in [2.24, 2.45) is 5.92 Å². The lowest BCUT2D eigenvalue weighted by Crippen LogP contribution is -2.42. The van der Waals surface area contributed by atoms with Gasteiger partial charge in [0.2, 0.25) is 11.8 Å². The summed E-state index contributed by atoms with van der Waals surface area (Å²) in [6, 6.07) is 2.24. The molecule has 2 unspecified atom stereocenters. The first-order valence-corrected chi connectivity index (χ1v) is 8.06. The number of hydrogen-bond donors (Lipinski definition) is 2. The molecule has 0 bridgehead atoms. The molecule has 0 saturated heterocycles. The summed E-state index contributed by atoms with van der Waals surface area (Å²) in [4.78, 5) is 12.3. The van der Waals surface area contributed by atoms with Crippen molar-refractivity contribution in [2.45, 2.75) is 76.3 Å². The van der Waals surface area contributed by atoms with Crippen LogP contribution >= 0.6 is 0 Å². The van der Waals surface area contributed by atoms with E-state index in [4.69, 9.17) is 5.26 Å². The van der Waals surface area contributed by atoms with Crippen molar-refractivity contribution in [1.82, 2.24) is 10.6 Å². The van der Waals surface area contributed by atoms with Crippen LogP contribution in [0.1, 0.15) is 58.8 Å². The number of nitrogens with one attached hydrogen (secondary N) is 2. The molecule has 1 fully saturated rings. The first-order chi connectivity index (χ1) is 10.3. The summed E-state index contributed by atoms with van der Waals surface area (Å²) in [7, 11) is 1.81. The lowest BCUT2D eigenvalue weighted by atomic mass is 9.91. The highest BCUT2D eigenvalue weighted by Gasteiger charge is 2.46. The zero-order chi connectivity index (χ0) is 16.8. The molecule has 22 heavy (non-hydrogen) atoms. The van der Waals surface area contributed by atoms with Crippen molar-refractivity contribution in [3.8, 4) is 6.07 Å². The van der Waals surface area contributed by atoms with Gasteiger partial charge in [-0.3, -0.25) is 4.79 Å². The van der Waals surface area contributed by atoms with Crippen molar-refractivity contribution >= 4 is 5.91 Å². The molecule has 2 N–H and O–H groups in total. The Balaban J connectivity index is 2.68. The van der Waals surface area contributed by atoms with E-state index in [1.54, 1.807) is 14.0 Å². The largest absolute Gasteiger partial charge is 0.338 e. The second kappa shape index (κ2) is 7.87. The monoisotopic (exact) mass is 315 g/mol. The van der Waals surface area contributed by atoms with E-state index in [9.17, 15) is 13.6 Å². The van der Waals surface area contributed by atoms with Gasteiger partial charge in [-0.05, 0) is 39.7 Å². The summed E-state index contributed by atoms with van der Waals surface area (Å²) in [5, 5.41) is 14.8. The molecule has 0 aromatic heterocycles. The molecule has 0 heterocycles. The zero-order valence-electron chi connectivity index (χ0n) is 13.7. The van der Waals surface area contributed by atoms with Crippen molar-refractivity contribution in [2.75, 3.05) is 7.05 Å². The smallest absolute Gasteiger partial charge is 0.248 e. The van der Waals surface area contributed by atoms with E-state index >= 15 is 0 Å². The van der Waals surface area contributed by atoms with Gasteiger partial charge in [0.15, 0.2) is 0 Å². The Hall–Kier alpha value is -1.22. The molecule has 1 aliphatic rings. The standard InChI is InChI=1S/C16H27F2N3O/c1-4-7-16(17,18)10-13(6-5-12(2)20-3)14(22)21-15(11-19)8-9-15/h12-13,20H,4-10H2,1-3H3,(H,21,22). The summed E-state index contributed by atoms with van der Waals surface area (Å²) in [6.07, 6.45) is 2.01. The molecular formula is C16H27F2N3O. The number of amides is 1. The van der Waals surface area contributed by atoms with Gasteiger partial charge in [0.1, 0.15) is 5.54 Å². The second-order valence-electron chi connectivity index (χ2n) is 6.46. The molecule has 6 heteroatoms. The number of nitrogens with zero attached hydrogens (tertiary/aromatic N) is 1. The van der Waals surface area contributed by atoms with Gasteiger partial charge in [-0.15, -0.1) is 0 Å². The van der Waals surface area contributed by atoms with E-state index in [1.807, 2.05) is 6.92 Å². The first-order valence-electron chi connectivity index (χ1n) is 8.06. The SMILES string of the molecule is CCCC(F)(F)CC(CCC(C)NC)C(=O)NC1(C#N)CC1. The third kappa shape index (κ3) is 5.88. The van der Waals surface area contributed by atoms with Gasteiger partial charge in [-0.2, -0.15) is 5.26 Å². The summed E-state index contributed by atoms with van der Waals surface area (Å²) < 4.78 is 27.8. The number of alkyl halides is 2. The molecule has 1 saturated carbocycles. The minimum atomic E-state index is -2.83. The van der Waals surface area contributed by atoms with Crippen LogP contribution in [0, 0.1) is 17.2 Å². The van der Waals surface area contributed by atoms with Crippen LogP contribution in [0.5, 0.6) is 0 Å². The van der Waals surface area contributed by atoms with Crippen LogP contribution in [0.2, 0.25) is 0 Å². The van der Waals surface area contributed by atoms with Gasteiger partial charge < -0.3 is 10.6 Å². The zero-order valence-corrected chi connectivity index (χ0v) is 13.7. The van der Waals surface area contributed by atoms with E-state index in [0.717, 1.165) is 0 Å². The predicted molar refractivity (Wildman–Crippen MR) is 81.4 cm³/mol. The maximum Gasteiger partial charge on any atom is 0.248 e. The molecule has 2 atom stereocenters. The molecule has 0 aromatic carbocycles. The minimum absolute atomic E-state index is 0.168. The van der Waals surface area contributed by atoms with Crippen LogP contribution in [0.3, 0.4) is 0 Å². The van der Waals surface area contributed by atoms with Crippen molar-refractivity contribution in [1.29, 1.82) is 5.26 Å². The maximum absolute atomic E-state index is 13.9. The molecule has 1 amide bonds. The summed E-state index contributed by atoms with van der Waals surface area (Å²) >= 11 is 0. The van der Waals surface area contributed by atoms with Gasteiger partial charge in [-0.1, -0.05) is 13.3 Å². The minimum Gasteiger partial charge on any atom is -0.338 e. The van der Waals surface area contributed by atoms with E-state index in [0.29, 0.717) is 32.1 Å². The Morgan fingerprint density at radius 1 is 1.41 bits per heavy atom. The summed E-state index contributed by atoms with van der Waals surface area (Å²) in [5.41, 5.74) is -0.802. The van der Waals surface area contributed by atoms with Crippen LogP contribution in [0.25, 0.3) is 0 Å². The molecule has 4 nitrogen and oxygen atoms in total. The molecule has 126 valence electrons. The van der Waals surface area contributed by atoms with E-state index in [2.05, 4.69) is 16.7 Å². The predicted octanol–water partition coefficient (Wildman–Crippen LogP) is 2.99. The van der Waals surface area contributed by atoms with Crippen LogP contribution in [0.4, 0.5) is 8.78 Å². The lowest BCUT2D eigenvalue weighted by Gasteiger charge is -2.24. The van der Waals surface area contributed by atoms with Crippen LogP contribution < -0.4 is 10.6 Å². The van der Waals surface area contributed by atoms with Gasteiger partial charge >= 0.3 is 0 Å². The normalized spacial score (nSPS) is 19.1. The highest BCUT2D eigenvalue weighted by Crippen LogP contribution is 2.36. The third-order valence-corrected chi connectivity index (χ3v) is 4.30. The Morgan fingerprint density at radius 3 is 2.50 bits per heavy atom. The lowest BCUT2D eigenvalue weighted by molar-refractivity contribution is -0.130. The fourth-order valence-corrected chi connectivity index (χ4v) is 2.48. The van der Waals surface area contributed by atoms with Crippen molar-refractivity contribution < 1.29 is 13.6 Å². The fraction of sp³-hybridized carbons (Fsp3) is 0.875. The number of carbonyl (C=O) groups is 1. The van der Waals surface area contributed by atoms with Crippen molar-refractivity contribution in [3.63, 3.8) is 0 Å². The molecular weight excluding hydrogens is 288 g/mol. The molecule has 0 radical (unpaired) electrons. The average molecular weight is 315 g/mol. The Labute approximate surface area is 131 Å². The average Bonchev–Trinajstić information content (AvgIpc) is 3.22. The molecule has 1 rings (SSSR count). The number of halogens is 2. The van der Waals surface area contributed by atoms with Gasteiger partial charge in [0, 0.05) is 24.8 Å². The third-order valence-electron chi connectivity index (χ3n) is 4.30. The maximum atomic E-state index is 13.9. The Bertz CT molecular complexity index is 416. The summed E-state index contributed by atoms with van der Waals surface area (Å²) in [6.45, 7) is 3.66. The van der Waals surface area contributed by atoms with Crippen LogP contribution in [0.15, 0.2) is 0 Å². The van der Waals surface area contributed by atoms with Gasteiger partial charge in [0.25, 0.3) is 0 Å². The van der Waals surface area contributed by atoms with E-state index in [-0.39, 0.29) is 12.5 Å². The molecule has 1 aliphatic carbocycles. The van der Waals surface area contributed by atoms with E-state index in [1.165, 1.54) is 0 Å². The second-order valence-corrected chi connectivity index (χ2v) is 6.46. The fourth-order valence-electron chi connectivity index (χ4n) is 2.48. The highest BCUT2D eigenvalue weighted by molar-refractivity contribution is 5.80. The van der Waals surface area contributed by atoms with Crippen molar-refractivity contribution in [3.05, 3.63) is 0 Å². The van der Waals surface area contributed by atoms with Crippen LogP contribution in [-0.2, 0) is 4.79 Å². The molecule has 0 aliphatic heterocycles. The summed E-state index contributed by atoms with van der Waals surface area (Å²) in [5.74, 6) is -3.98. The number of rotatable bonds is 10. The quantitative estimate of drug-likeness (QED) is 0.651. The van der Waals surface area contributed by atoms with Crippen LogP contribution in [-0.4, -0.2) is 30.5 Å². The first kappa shape index (κ1) is 18.8. The number of hydrogen-bond acceptors (Lipinski definition) is 3.